The Morgan fingerprint density at radius 2 is 1.88 bits per heavy atom. The first kappa shape index (κ1) is 17.0. The maximum Gasteiger partial charge on any atom is 0.409 e. The van der Waals surface area contributed by atoms with Crippen LogP contribution in [0.4, 0.5) is 10.6 Å². The van der Waals surface area contributed by atoms with Crippen LogP contribution in [-0.4, -0.2) is 78.3 Å². The minimum absolute atomic E-state index is 0.175. The van der Waals surface area contributed by atoms with Crippen LogP contribution in [0.5, 0.6) is 0 Å². The molecule has 0 N–H and O–H groups in total. The fraction of sp³-hybridized carbons (Fsp3) is 0.706. The molecule has 1 aromatic rings. The first-order valence-corrected chi connectivity index (χ1v) is 8.77. The van der Waals surface area contributed by atoms with Gasteiger partial charge in [-0.25, -0.2) is 14.8 Å². The third-order valence-electron chi connectivity index (χ3n) is 4.60. The topological polar surface area (TPSA) is 61.8 Å². The molecular weight excluding hydrogens is 306 g/mol. The van der Waals surface area contributed by atoms with Gasteiger partial charge in [0.05, 0.1) is 6.54 Å². The molecule has 0 atom stereocenters. The van der Waals surface area contributed by atoms with Crippen molar-refractivity contribution in [3.8, 4) is 0 Å². The number of amides is 1. The van der Waals surface area contributed by atoms with Crippen molar-refractivity contribution in [2.75, 3.05) is 57.3 Å². The van der Waals surface area contributed by atoms with Gasteiger partial charge in [0.25, 0.3) is 0 Å². The van der Waals surface area contributed by atoms with Crippen molar-refractivity contribution >= 4 is 11.9 Å². The van der Waals surface area contributed by atoms with Crippen molar-refractivity contribution in [1.29, 1.82) is 0 Å². The molecule has 1 aromatic heterocycles. The predicted octanol–water partition coefficient (Wildman–Crippen LogP) is 1.48. The highest BCUT2D eigenvalue weighted by Gasteiger charge is 2.24. The van der Waals surface area contributed by atoms with E-state index in [1.165, 1.54) is 0 Å². The Hall–Kier alpha value is -1.89. The first-order valence-electron chi connectivity index (χ1n) is 8.77. The van der Waals surface area contributed by atoms with Crippen LogP contribution in [0, 0.1) is 6.92 Å². The van der Waals surface area contributed by atoms with Crippen molar-refractivity contribution in [1.82, 2.24) is 19.8 Å². The summed E-state index contributed by atoms with van der Waals surface area (Å²) in [7, 11) is 0. The third-order valence-corrected chi connectivity index (χ3v) is 4.60. The smallest absolute Gasteiger partial charge is 0.409 e. The summed E-state index contributed by atoms with van der Waals surface area (Å²) in [6, 6.07) is 2.07. The molecule has 2 aliphatic rings. The predicted molar refractivity (Wildman–Crippen MR) is 92.4 cm³/mol. The molecule has 2 aliphatic heterocycles. The number of nitrogens with zero attached hydrogens (tertiary/aromatic N) is 5. The lowest BCUT2D eigenvalue weighted by Crippen LogP contribution is -2.49. The number of cyclic esters (lactones) is 1. The SMILES string of the molecule is Cc1cc(N2CCN(CCN3CCOC3=O)CC2)nc(C(C)C)n1. The number of rotatable bonds is 5. The van der Waals surface area contributed by atoms with E-state index >= 15 is 0 Å². The Labute approximate surface area is 143 Å². The minimum atomic E-state index is -0.175. The van der Waals surface area contributed by atoms with E-state index < -0.39 is 0 Å². The molecule has 7 nitrogen and oxygen atoms in total. The van der Waals surface area contributed by atoms with Crippen LogP contribution in [0.2, 0.25) is 0 Å². The Morgan fingerprint density at radius 1 is 1.12 bits per heavy atom. The Bertz CT molecular complexity index is 584. The van der Waals surface area contributed by atoms with Crippen molar-refractivity contribution < 1.29 is 9.53 Å². The highest BCUT2D eigenvalue weighted by molar-refractivity contribution is 5.69. The molecule has 7 heteroatoms. The number of piperazine rings is 1. The molecule has 0 unspecified atom stereocenters. The molecular formula is C17H27N5O2. The number of aryl methyl sites for hydroxylation is 1. The standard InChI is InChI=1S/C17H27N5O2/c1-13(2)16-18-14(3)12-15(19-16)21-7-4-20(5-8-21)6-9-22-10-11-24-17(22)23/h12-13H,4-11H2,1-3H3. The molecule has 0 aromatic carbocycles. The summed E-state index contributed by atoms with van der Waals surface area (Å²) in [6.45, 7) is 13.1. The average Bonchev–Trinajstić information content (AvgIpc) is 2.98. The third kappa shape index (κ3) is 3.95. The summed E-state index contributed by atoms with van der Waals surface area (Å²) in [5.41, 5.74) is 1.03. The summed E-state index contributed by atoms with van der Waals surface area (Å²) in [5.74, 6) is 2.29. The van der Waals surface area contributed by atoms with E-state index in [1.807, 2.05) is 6.92 Å². The number of aromatic nitrogens is 2. The minimum Gasteiger partial charge on any atom is -0.448 e. The van der Waals surface area contributed by atoms with Crippen molar-refractivity contribution in [2.45, 2.75) is 26.7 Å². The van der Waals surface area contributed by atoms with Crippen LogP contribution in [0.25, 0.3) is 0 Å². The zero-order valence-corrected chi connectivity index (χ0v) is 14.9. The van der Waals surface area contributed by atoms with E-state index in [1.54, 1.807) is 4.90 Å². The van der Waals surface area contributed by atoms with Gasteiger partial charge in [-0.05, 0) is 6.92 Å². The highest BCUT2D eigenvalue weighted by atomic mass is 16.6. The number of ether oxygens (including phenoxy) is 1. The summed E-state index contributed by atoms with van der Waals surface area (Å²) in [6.07, 6.45) is -0.175. The maximum absolute atomic E-state index is 11.5. The van der Waals surface area contributed by atoms with Crippen LogP contribution >= 0.6 is 0 Å². The zero-order valence-electron chi connectivity index (χ0n) is 14.9. The van der Waals surface area contributed by atoms with Crippen LogP contribution < -0.4 is 4.90 Å². The highest BCUT2D eigenvalue weighted by Crippen LogP contribution is 2.18. The van der Waals surface area contributed by atoms with Crippen LogP contribution in [0.15, 0.2) is 6.07 Å². The molecule has 0 saturated carbocycles. The van der Waals surface area contributed by atoms with Gasteiger partial charge in [-0.15, -0.1) is 0 Å². The second-order valence-electron chi connectivity index (χ2n) is 6.81. The Balaban J connectivity index is 1.52. The monoisotopic (exact) mass is 333 g/mol. The maximum atomic E-state index is 11.5. The molecule has 3 heterocycles. The molecule has 0 aliphatic carbocycles. The number of carbonyl (C=O) groups is 1. The molecule has 1 amide bonds. The summed E-state index contributed by atoms with van der Waals surface area (Å²) in [4.78, 5) is 27.2. The van der Waals surface area contributed by atoms with E-state index in [9.17, 15) is 4.79 Å². The number of hydrogen-bond donors (Lipinski definition) is 0. The van der Waals surface area contributed by atoms with Gasteiger partial charge in [0.15, 0.2) is 0 Å². The van der Waals surface area contributed by atoms with Gasteiger partial charge in [-0.1, -0.05) is 13.8 Å². The Kier molecular flexibility index (Phi) is 5.18. The molecule has 24 heavy (non-hydrogen) atoms. The Morgan fingerprint density at radius 3 is 2.50 bits per heavy atom. The van der Waals surface area contributed by atoms with E-state index in [0.29, 0.717) is 12.5 Å². The van der Waals surface area contributed by atoms with Crippen molar-refractivity contribution in [2.24, 2.45) is 0 Å². The molecule has 2 saturated heterocycles. The number of hydrogen-bond acceptors (Lipinski definition) is 6. The van der Waals surface area contributed by atoms with Crippen LogP contribution in [-0.2, 0) is 4.74 Å². The van der Waals surface area contributed by atoms with Gasteiger partial charge in [-0.3, -0.25) is 4.90 Å². The first-order chi connectivity index (χ1) is 11.5. The summed E-state index contributed by atoms with van der Waals surface area (Å²) >= 11 is 0. The molecule has 0 bridgehead atoms. The van der Waals surface area contributed by atoms with Crippen molar-refractivity contribution in [3.05, 3.63) is 17.6 Å². The van der Waals surface area contributed by atoms with Crippen LogP contribution in [0.1, 0.15) is 31.3 Å². The molecule has 2 fully saturated rings. The molecule has 0 radical (unpaired) electrons. The van der Waals surface area contributed by atoms with Gasteiger partial charge >= 0.3 is 6.09 Å². The van der Waals surface area contributed by atoms with Gasteiger partial charge in [0.2, 0.25) is 0 Å². The molecule has 3 rings (SSSR count). The van der Waals surface area contributed by atoms with E-state index in [4.69, 9.17) is 9.72 Å². The average molecular weight is 333 g/mol. The fourth-order valence-electron chi connectivity index (χ4n) is 3.09. The lowest BCUT2D eigenvalue weighted by atomic mass is 10.2. The summed E-state index contributed by atoms with van der Waals surface area (Å²) < 4.78 is 4.97. The normalized spacial score (nSPS) is 19.2. The number of carbonyl (C=O) groups excluding carboxylic acids is 1. The quantitative estimate of drug-likeness (QED) is 0.813. The van der Waals surface area contributed by atoms with E-state index in [0.717, 1.165) is 63.1 Å². The van der Waals surface area contributed by atoms with Crippen LogP contribution in [0.3, 0.4) is 0 Å². The number of anilines is 1. The van der Waals surface area contributed by atoms with E-state index in [-0.39, 0.29) is 6.09 Å². The summed E-state index contributed by atoms with van der Waals surface area (Å²) in [5, 5.41) is 0. The van der Waals surface area contributed by atoms with Gasteiger partial charge < -0.3 is 14.5 Å². The zero-order chi connectivity index (χ0) is 17.1. The second-order valence-corrected chi connectivity index (χ2v) is 6.81. The second kappa shape index (κ2) is 7.34. The largest absolute Gasteiger partial charge is 0.448 e. The molecule has 132 valence electrons. The van der Waals surface area contributed by atoms with Crippen molar-refractivity contribution in [3.63, 3.8) is 0 Å². The lowest BCUT2D eigenvalue weighted by Gasteiger charge is -2.36. The van der Waals surface area contributed by atoms with Gasteiger partial charge in [-0.2, -0.15) is 0 Å². The lowest BCUT2D eigenvalue weighted by molar-refractivity contribution is 0.152. The molecule has 0 spiro atoms. The van der Waals surface area contributed by atoms with Gasteiger partial charge in [0, 0.05) is 56.9 Å². The van der Waals surface area contributed by atoms with Gasteiger partial charge in [0.1, 0.15) is 18.2 Å². The fourth-order valence-corrected chi connectivity index (χ4v) is 3.09. The van der Waals surface area contributed by atoms with E-state index in [2.05, 4.69) is 34.7 Å².